The minimum Gasteiger partial charge on any atom is -0.478 e. The molecule has 0 saturated carbocycles. The number of carboxylic acid groups (broad SMARTS) is 1. The van der Waals surface area contributed by atoms with Crippen molar-refractivity contribution in [2.24, 2.45) is 0 Å². The van der Waals surface area contributed by atoms with Crippen molar-refractivity contribution in [3.8, 4) is 11.6 Å². The maximum atomic E-state index is 11.3. The number of aromatic nitrogens is 2. The predicted molar refractivity (Wildman–Crippen MR) is 80.6 cm³/mol. The number of nitrogens with zero attached hydrogens (tertiary/aromatic N) is 2. The molecule has 0 radical (unpaired) electrons. The molecule has 0 fully saturated rings. The normalized spacial score (nSPS) is 10.8. The van der Waals surface area contributed by atoms with E-state index in [9.17, 15) is 9.90 Å². The van der Waals surface area contributed by atoms with Gasteiger partial charge in [-0.15, -0.1) is 11.3 Å². The topological polar surface area (TPSA) is 72.3 Å². The van der Waals surface area contributed by atoms with Crippen molar-refractivity contribution in [2.75, 3.05) is 0 Å². The highest BCUT2D eigenvalue weighted by Gasteiger charge is 2.16. The number of aromatic carboxylic acids is 1. The molecule has 0 atom stereocenters. The van der Waals surface area contributed by atoms with Crippen molar-refractivity contribution in [2.45, 2.75) is 6.92 Å². The highest BCUT2D eigenvalue weighted by Crippen LogP contribution is 2.34. The van der Waals surface area contributed by atoms with Crippen LogP contribution in [0.25, 0.3) is 10.2 Å². The number of carbonyl (C=O) groups is 1. The Morgan fingerprint density at radius 1 is 1.38 bits per heavy atom. The second-order valence-electron chi connectivity index (χ2n) is 4.32. The Bertz CT molecular complexity index is 847. The molecule has 0 saturated heterocycles. The zero-order chi connectivity index (χ0) is 15.0. The Morgan fingerprint density at radius 3 is 2.95 bits per heavy atom. The molecule has 0 bridgehead atoms. The summed E-state index contributed by atoms with van der Waals surface area (Å²) in [7, 11) is 0. The van der Waals surface area contributed by atoms with Crippen LogP contribution in [-0.2, 0) is 0 Å². The van der Waals surface area contributed by atoms with Gasteiger partial charge in [-0.3, -0.25) is 0 Å². The van der Waals surface area contributed by atoms with E-state index >= 15 is 0 Å². The van der Waals surface area contributed by atoms with E-state index < -0.39 is 5.97 Å². The number of aryl methyl sites for hydroxylation is 1. The van der Waals surface area contributed by atoms with Crippen LogP contribution in [-0.4, -0.2) is 21.0 Å². The zero-order valence-corrected chi connectivity index (χ0v) is 12.4. The molecule has 7 heteroatoms. The van der Waals surface area contributed by atoms with Gasteiger partial charge in [0.05, 0.1) is 5.52 Å². The van der Waals surface area contributed by atoms with Crippen LogP contribution in [0.4, 0.5) is 0 Å². The lowest BCUT2D eigenvalue weighted by Crippen LogP contribution is -2.00. The minimum absolute atomic E-state index is 0.0115. The third-order valence-electron chi connectivity index (χ3n) is 2.88. The summed E-state index contributed by atoms with van der Waals surface area (Å²) in [6, 6.07) is 4.43. The lowest BCUT2D eigenvalue weighted by molar-refractivity contribution is 0.0694. The van der Waals surface area contributed by atoms with E-state index in [1.807, 2.05) is 12.3 Å². The molecule has 3 aromatic rings. The average Bonchev–Trinajstić information content (AvgIpc) is 2.83. The monoisotopic (exact) mass is 320 g/mol. The van der Waals surface area contributed by atoms with Gasteiger partial charge in [-0.05, 0) is 36.1 Å². The Balaban J connectivity index is 2.09. The van der Waals surface area contributed by atoms with Gasteiger partial charge in [0.2, 0.25) is 5.88 Å². The molecule has 1 aromatic carbocycles. The molecule has 106 valence electrons. The first-order valence-electron chi connectivity index (χ1n) is 5.96. The summed E-state index contributed by atoms with van der Waals surface area (Å²) in [5.41, 5.74) is 1.81. The molecule has 0 aliphatic carbocycles. The van der Waals surface area contributed by atoms with Gasteiger partial charge in [-0.25, -0.2) is 14.8 Å². The summed E-state index contributed by atoms with van der Waals surface area (Å²) in [5.74, 6) is -0.582. The summed E-state index contributed by atoms with van der Waals surface area (Å²) in [5, 5.41) is 11.5. The second kappa shape index (κ2) is 5.31. The molecule has 1 N–H and O–H groups in total. The van der Waals surface area contributed by atoms with Gasteiger partial charge >= 0.3 is 5.97 Å². The number of benzene rings is 1. The van der Waals surface area contributed by atoms with Crippen LogP contribution >= 0.6 is 22.9 Å². The van der Waals surface area contributed by atoms with Crippen molar-refractivity contribution < 1.29 is 14.6 Å². The average molecular weight is 321 g/mol. The SMILES string of the molecule is Cc1csc2c(Oc3ccc(Cl)cc3C(=O)O)ncnc12. The van der Waals surface area contributed by atoms with Gasteiger partial charge in [0.1, 0.15) is 22.3 Å². The maximum absolute atomic E-state index is 11.3. The van der Waals surface area contributed by atoms with Gasteiger partial charge in [0.15, 0.2) is 0 Å². The second-order valence-corrected chi connectivity index (χ2v) is 5.64. The van der Waals surface area contributed by atoms with Crippen molar-refractivity contribution in [1.82, 2.24) is 9.97 Å². The summed E-state index contributed by atoms with van der Waals surface area (Å²) in [6.07, 6.45) is 1.40. The number of hydrogen-bond donors (Lipinski definition) is 1. The predicted octanol–water partition coefficient (Wildman–Crippen LogP) is 4.14. The molecule has 0 amide bonds. The van der Waals surface area contributed by atoms with Crippen molar-refractivity contribution in [3.05, 3.63) is 46.1 Å². The fourth-order valence-corrected chi connectivity index (χ4v) is 2.98. The van der Waals surface area contributed by atoms with Gasteiger partial charge in [-0.2, -0.15) is 0 Å². The standard InChI is InChI=1S/C14H9ClN2O3S/c1-7-5-21-12-11(7)16-6-17-13(12)20-10-3-2-8(15)4-9(10)14(18)19/h2-6H,1H3,(H,18,19). The molecule has 0 aliphatic heterocycles. The van der Waals surface area contributed by atoms with Crippen LogP contribution in [0.2, 0.25) is 5.02 Å². The number of halogens is 1. The van der Waals surface area contributed by atoms with Crippen molar-refractivity contribution in [3.63, 3.8) is 0 Å². The molecule has 0 aliphatic rings. The zero-order valence-electron chi connectivity index (χ0n) is 10.8. The Morgan fingerprint density at radius 2 is 2.19 bits per heavy atom. The lowest BCUT2D eigenvalue weighted by atomic mass is 10.2. The maximum Gasteiger partial charge on any atom is 0.339 e. The number of carboxylic acids is 1. The Hall–Kier alpha value is -2.18. The van der Waals surface area contributed by atoms with E-state index in [1.54, 1.807) is 6.07 Å². The van der Waals surface area contributed by atoms with Crippen LogP contribution < -0.4 is 4.74 Å². The molecular formula is C14H9ClN2O3S. The van der Waals surface area contributed by atoms with Crippen LogP contribution in [0.1, 0.15) is 15.9 Å². The van der Waals surface area contributed by atoms with Crippen molar-refractivity contribution >= 4 is 39.1 Å². The van der Waals surface area contributed by atoms with Gasteiger partial charge in [-0.1, -0.05) is 11.6 Å². The van der Waals surface area contributed by atoms with E-state index in [0.717, 1.165) is 15.8 Å². The molecule has 0 unspecified atom stereocenters. The number of fused-ring (bicyclic) bond motifs is 1. The highest BCUT2D eigenvalue weighted by molar-refractivity contribution is 7.17. The third-order valence-corrected chi connectivity index (χ3v) is 4.19. The van der Waals surface area contributed by atoms with Crippen LogP contribution in [0, 0.1) is 6.92 Å². The molecule has 2 aromatic heterocycles. The summed E-state index contributed by atoms with van der Waals surface area (Å²) in [4.78, 5) is 19.5. The van der Waals surface area contributed by atoms with Gasteiger partial charge in [0.25, 0.3) is 0 Å². The summed E-state index contributed by atoms with van der Waals surface area (Å²) < 4.78 is 6.45. The number of ether oxygens (including phenoxy) is 1. The molecule has 3 rings (SSSR count). The highest BCUT2D eigenvalue weighted by atomic mass is 35.5. The van der Waals surface area contributed by atoms with Crippen molar-refractivity contribution in [1.29, 1.82) is 0 Å². The fourth-order valence-electron chi connectivity index (χ4n) is 1.88. The Labute approximate surface area is 128 Å². The molecule has 21 heavy (non-hydrogen) atoms. The van der Waals surface area contributed by atoms with Gasteiger partial charge < -0.3 is 9.84 Å². The largest absolute Gasteiger partial charge is 0.478 e. The third kappa shape index (κ3) is 2.55. The first kappa shape index (κ1) is 13.8. The van der Waals surface area contributed by atoms with E-state index in [2.05, 4.69) is 9.97 Å². The molecule has 5 nitrogen and oxygen atoms in total. The minimum atomic E-state index is -1.11. The number of hydrogen-bond acceptors (Lipinski definition) is 5. The smallest absolute Gasteiger partial charge is 0.339 e. The molecular weight excluding hydrogens is 312 g/mol. The van der Waals surface area contributed by atoms with E-state index in [-0.39, 0.29) is 11.3 Å². The van der Waals surface area contributed by atoms with Crippen LogP contribution in [0.5, 0.6) is 11.6 Å². The fraction of sp³-hybridized carbons (Fsp3) is 0.0714. The number of thiophene rings is 1. The van der Waals surface area contributed by atoms with Crippen LogP contribution in [0.15, 0.2) is 29.9 Å². The van der Waals surface area contributed by atoms with Crippen LogP contribution in [0.3, 0.4) is 0 Å². The first-order valence-corrected chi connectivity index (χ1v) is 7.21. The van der Waals surface area contributed by atoms with E-state index in [0.29, 0.717) is 10.9 Å². The summed E-state index contributed by atoms with van der Waals surface area (Å²) >= 11 is 7.27. The molecule has 2 heterocycles. The van der Waals surface area contributed by atoms with E-state index in [4.69, 9.17) is 16.3 Å². The number of rotatable bonds is 3. The Kier molecular flexibility index (Phi) is 3.48. The lowest BCUT2D eigenvalue weighted by Gasteiger charge is -2.08. The summed E-state index contributed by atoms with van der Waals surface area (Å²) in [6.45, 7) is 1.95. The molecule has 0 spiro atoms. The first-order chi connectivity index (χ1) is 10.1. The quantitative estimate of drug-likeness (QED) is 0.785. The van der Waals surface area contributed by atoms with Gasteiger partial charge in [0, 0.05) is 5.02 Å². The van der Waals surface area contributed by atoms with E-state index in [1.165, 1.54) is 29.8 Å².